The molecule has 1 fully saturated rings. The Morgan fingerprint density at radius 3 is 2.88 bits per heavy atom. The number of piperidine rings is 1. The molecule has 0 saturated carbocycles. The third-order valence-electron chi connectivity index (χ3n) is 4.80. The summed E-state index contributed by atoms with van der Waals surface area (Å²) in [7, 11) is 0. The number of fused-ring (bicyclic) bond motifs is 1. The number of hydrogen-bond acceptors (Lipinski definition) is 3. The van der Waals surface area contributed by atoms with Crippen LogP contribution in [0.15, 0.2) is 42.0 Å². The van der Waals surface area contributed by atoms with Crippen molar-refractivity contribution in [1.82, 2.24) is 24.9 Å². The summed E-state index contributed by atoms with van der Waals surface area (Å²) in [6, 6.07) is 6.62. The van der Waals surface area contributed by atoms with E-state index in [4.69, 9.17) is 4.99 Å². The highest BCUT2D eigenvalue weighted by atomic mass is 15.2. The van der Waals surface area contributed by atoms with Crippen molar-refractivity contribution < 1.29 is 0 Å². The second kappa shape index (κ2) is 8.85. The molecular weight excluding hydrogens is 324 g/mol. The van der Waals surface area contributed by atoms with Gasteiger partial charge in [-0.05, 0) is 38.8 Å². The third kappa shape index (κ3) is 4.64. The van der Waals surface area contributed by atoms with E-state index >= 15 is 0 Å². The molecular formula is C20H30N6. The number of hydrogen-bond donors (Lipinski definition) is 2. The van der Waals surface area contributed by atoms with E-state index in [-0.39, 0.29) is 0 Å². The zero-order valence-corrected chi connectivity index (χ0v) is 15.9. The Bertz CT molecular complexity index is 755. The largest absolute Gasteiger partial charge is 0.357 e. The maximum atomic E-state index is 4.75. The predicted octanol–water partition coefficient (Wildman–Crippen LogP) is 2.35. The molecule has 1 saturated heterocycles. The SMILES string of the molecule is C=CCN1CCC(NC(=NCc2cn3c(C)cccc3n2)NCC)CC1. The van der Waals surface area contributed by atoms with Crippen LogP contribution < -0.4 is 10.6 Å². The molecule has 0 aromatic carbocycles. The van der Waals surface area contributed by atoms with Gasteiger partial charge in [0.05, 0.1) is 12.2 Å². The summed E-state index contributed by atoms with van der Waals surface area (Å²) >= 11 is 0. The van der Waals surface area contributed by atoms with Crippen LogP contribution in [0.25, 0.3) is 5.65 Å². The lowest BCUT2D eigenvalue weighted by Crippen LogP contribution is -2.48. The summed E-state index contributed by atoms with van der Waals surface area (Å²) in [6.07, 6.45) is 6.32. The highest BCUT2D eigenvalue weighted by Gasteiger charge is 2.19. The normalized spacial score (nSPS) is 16.8. The van der Waals surface area contributed by atoms with Gasteiger partial charge in [-0.2, -0.15) is 0 Å². The summed E-state index contributed by atoms with van der Waals surface area (Å²) in [6.45, 7) is 12.6. The van der Waals surface area contributed by atoms with Crippen LogP contribution in [0, 0.1) is 6.92 Å². The lowest BCUT2D eigenvalue weighted by atomic mass is 10.1. The molecule has 0 amide bonds. The van der Waals surface area contributed by atoms with Gasteiger partial charge in [-0.25, -0.2) is 9.98 Å². The van der Waals surface area contributed by atoms with E-state index in [1.54, 1.807) is 0 Å². The van der Waals surface area contributed by atoms with Gasteiger partial charge < -0.3 is 15.0 Å². The number of imidazole rings is 1. The fourth-order valence-electron chi connectivity index (χ4n) is 3.39. The van der Waals surface area contributed by atoms with Crippen LogP contribution in [0.2, 0.25) is 0 Å². The number of aromatic nitrogens is 2. The molecule has 2 aromatic heterocycles. The number of aryl methyl sites for hydroxylation is 1. The lowest BCUT2D eigenvalue weighted by molar-refractivity contribution is 0.225. The van der Waals surface area contributed by atoms with Crippen molar-refractivity contribution in [3.8, 4) is 0 Å². The predicted molar refractivity (Wildman–Crippen MR) is 108 cm³/mol. The fraction of sp³-hybridized carbons (Fsp3) is 0.500. The van der Waals surface area contributed by atoms with Crippen molar-refractivity contribution in [2.75, 3.05) is 26.2 Å². The van der Waals surface area contributed by atoms with E-state index in [9.17, 15) is 0 Å². The van der Waals surface area contributed by atoms with E-state index in [2.05, 4.69) is 57.6 Å². The number of guanidine groups is 1. The van der Waals surface area contributed by atoms with Crippen LogP contribution in [-0.4, -0.2) is 52.5 Å². The molecule has 2 N–H and O–H groups in total. The van der Waals surface area contributed by atoms with Crippen LogP contribution in [0.5, 0.6) is 0 Å². The highest BCUT2D eigenvalue weighted by molar-refractivity contribution is 5.80. The van der Waals surface area contributed by atoms with Crippen molar-refractivity contribution in [1.29, 1.82) is 0 Å². The van der Waals surface area contributed by atoms with Crippen LogP contribution in [0.1, 0.15) is 31.2 Å². The number of pyridine rings is 1. The van der Waals surface area contributed by atoms with E-state index in [1.807, 2.05) is 18.2 Å². The summed E-state index contributed by atoms with van der Waals surface area (Å²) in [5.41, 5.74) is 3.14. The van der Waals surface area contributed by atoms with E-state index < -0.39 is 0 Å². The minimum Gasteiger partial charge on any atom is -0.357 e. The highest BCUT2D eigenvalue weighted by Crippen LogP contribution is 2.11. The molecule has 26 heavy (non-hydrogen) atoms. The standard InChI is InChI=1S/C20H30N6/c1-4-11-25-12-9-17(10-13-25)24-20(21-5-2)22-14-18-15-26-16(3)7-6-8-19(26)23-18/h4,6-8,15,17H,1,5,9-14H2,2-3H3,(H2,21,22,24). The van der Waals surface area contributed by atoms with Gasteiger partial charge in [-0.1, -0.05) is 12.1 Å². The number of likely N-dealkylation sites (tertiary alicyclic amines) is 1. The van der Waals surface area contributed by atoms with E-state index in [0.29, 0.717) is 12.6 Å². The van der Waals surface area contributed by atoms with E-state index in [0.717, 1.165) is 56.3 Å². The number of rotatable bonds is 6. The minimum absolute atomic E-state index is 0.470. The molecule has 0 aliphatic carbocycles. The Labute approximate surface area is 156 Å². The summed E-state index contributed by atoms with van der Waals surface area (Å²) in [5.74, 6) is 0.878. The lowest BCUT2D eigenvalue weighted by Gasteiger charge is -2.32. The van der Waals surface area contributed by atoms with Crippen molar-refractivity contribution in [3.63, 3.8) is 0 Å². The fourth-order valence-corrected chi connectivity index (χ4v) is 3.39. The summed E-state index contributed by atoms with van der Waals surface area (Å²) in [5, 5.41) is 6.94. The Balaban J connectivity index is 1.61. The van der Waals surface area contributed by atoms with Crippen molar-refractivity contribution in [3.05, 3.63) is 48.4 Å². The van der Waals surface area contributed by atoms with Crippen LogP contribution in [0.3, 0.4) is 0 Å². The molecule has 2 aromatic rings. The zero-order valence-electron chi connectivity index (χ0n) is 15.9. The van der Waals surface area contributed by atoms with Crippen LogP contribution >= 0.6 is 0 Å². The molecule has 0 atom stereocenters. The number of aliphatic imine (C=N–C) groups is 1. The molecule has 3 rings (SSSR count). The molecule has 6 nitrogen and oxygen atoms in total. The zero-order chi connectivity index (χ0) is 18.4. The molecule has 140 valence electrons. The van der Waals surface area contributed by atoms with Gasteiger partial charge in [0.1, 0.15) is 5.65 Å². The monoisotopic (exact) mass is 354 g/mol. The average Bonchev–Trinajstić information content (AvgIpc) is 3.06. The first-order valence-electron chi connectivity index (χ1n) is 9.51. The second-order valence-corrected chi connectivity index (χ2v) is 6.83. The van der Waals surface area contributed by atoms with Gasteiger partial charge >= 0.3 is 0 Å². The van der Waals surface area contributed by atoms with Gasteiger partial charge in [0.25, 0.3) is 0 Å². The van der Waals surface area contributed by atoms with E-state index in [1.165, 1.54) is 5.69 Å². The molecule has 3 heterocycles. The Morgan fingerprint density at radius 2 is 2.19 bits per heavy atom. The maximum Gasteiger partial charge on any atom is 0.191 e. The molecule has 0 spiro atoms. The molecule has 0 unspecified atom stereocenters. The van der Waals surface area contributed by atoms with Crippen molar-refractivity contribution in [2.24, 2.45) is 4.99 Å². The molecule has 6 heteroatoms. The smallest absolute Gasteiger partial charge is 0.191 e. The molecule has 0 radical (unpaired) electrons. The van der Waals surface area contributed by atoms with Gasteiger partial charge in [0, 0.05) is 44.1 Å². The summed E-state index contributed by atoms with van der Waals surface area (Å²) < 4.78 is 2.11. The second-order valence-electron chi connectivity index (χ2n) is 6.83. The first-order chi connectivity index (χ1) is 12.7. The van der Waals surface area contributed by atoms with Gasteiger partial charge in [-0.15, -0.1) is 6.58 Å². The third-order valence-corrected chi connectivity index (χ3v) is 4.80. The maximum absolute atomic E-state index is 4.75. The first-order valence-corrected chi connectivity index (χ1v) is 9.51. The van der Waals surface area contributed by atoms with Gasteiger partial charge in [0.15, 0.2) is 5.96 Å². The average molecular weight is 355 g/mol. The Morgan fingerprint density at radius 1 is 1.38 bits per heavy atom. The molecule has 1 aliphatic heterocycles. The van der Waals surface area contributed by atoms with Gasteiger partial charge in [0.2, 0.25) is 0 Å². The summed E-state index contributed by atoms with van der Waals surface area (Å²) in [4.78, 5) is 11.9. The quantitative estimate of drug-likeness (QED) is 0.475. The number of nitrogens with zero attached hydrogens (tertiary/aromatic N) is 4. The number of nitrogens with one attached hydrogen (secondary N) is 2. The topological polar surface area (TPSA) is 57.0 Å². The van der Waals surface area contributed by atoms with Crippen molar-refractivity contribution in [2.45, 2.75) is 39.3 Å². The van der Waals surface area contributed by atoms with Crippen LogP contribution in [-0.2, 0) is 6.54 Å². The molecule has 0 bridgehead atoms. The van der Waals surface area contributed by atoms with Crippen LogP contribution in [0.4, 0.5) is 0 Å². The Hall–Kier alpha value is -2.34. The first kappa shape index (κ1) is 18.5. The minimum atomic E-state index is 0.470. The van der Waals surface area contributed by atoms with Gasteiger partial charge in [-0.3, -0.25) is 4.90 Å². The molecule has 1 aliphatic rings. The van der Waals surface area contributed by atoms with Crippen molar-refractivity contribution >= 4 is 11.6 Å². The Kier molecular flexibility index (Phi) is 6.28.